The predicted molar refractivity (Wildman–Crippen MR) is 52.1 cm³/mol. The highest BCUT2D eigenvalue weighted by atomic mass is 15.0. The summed E-state index contributed by atoms with van der Waals surface area (Å²) in [6, 6.07) is 0.836. The minimum atomic E-state index is 0.635. The first kappa shape index (κ1) is 8.55. The average molecular weight is 167 g/mol. The van der Waals surface area contributed by atoms with Crippen LogP contribution < -0.4 is 5.32 Å². The maximum atomic E-state index is 3.71. The Morgan fingerprint density at radius 3 is 3.00 bits per heavy atom. The van der Waals surface area contributed by atoms with E-state index in [2.05, 4.69) is 19.2 Å². The van der Waals surface area contributed by atoms with Gasteiger partial charge >= 0.3 is 0 Å². The molecule has 0 aromatic carbocycles. The number of hydrogen-bond donors (Lipinski definition) is 1. The molecule has 1 heteroatoms. The van der Waals surface area contributed by atoms with E-state index in [1.54, 1.807) is 0 Å². The highest BCUT2D eigenvalue weighted by Gasteiger charge is 2.39. The number of piperidine rings is 1. The maximum absolute atomic E-state index is 3.71. The van der Waals surface area contributed by atoms with Gasteiger partial charge in [0.05, 0.1) is 0 Å². The molecule has 3 unspecified atom stereocenters. The summed E-state index contributed by atoms with van der Waals surface area (Å²) < 4.78 is 0. The van der Waals surface area contributed by atoms with Crippen LogP contribution in [0.4, 0.5) is 0 Å². The molecule has 1 saturated heterocycles. The van der Waals surface area contributed by atoms with E-state index in [1.165, 1.54) is 38.6 Å². The van der Waals surface area contributed by atoms with Gasteiger partial charge in [-0.25, -0.2) is 0 Å². The van der Waals surface area contributed by atoms with Crippen molar-refractivity contribution in [1.29, 1.82) is 0 Å². The van der Waals surface area contributed by atoms with E-state index < -0.39 is 0 Å². The molecule has 1 aliphatic carbocycles. The number of nitrogens with one attached hydrogen (secondary N) is 1. The minimum Gasteiger partial charge on any atom is -0.313 e. The van der Waals surface area contributed by atoms with Crippen LogP contribution in [0.5, 0.6) is 0 Å². The minimum absolute atomic E-state index is 0.635. The summed E-state index contributed by atoms with van der Waals surface area (Å²) >= 11 is 0. The van der Waals surface area contributed by atoms with Crippen molar-refractivity contribution in [1.82, 2.24) is 5.32 Å². The fourth-order valence-electron chi connectivity index (χ4n) is 3.20. The van der Waals surface area contributed by atoms with Crippen LogP contribution in [-0.4, -0.2) is 12.6 Å². The average Bonchev–Trinajstić information content (AvgIpc) is 2.02. The molecule has 12 heavy (non-hydrogen) atoms. The van der Waals surface area contributed by atoms with Crippen LogP contribution in [0.2, 0.25) is 0 Å². The molecule has 0 bridgehead atoms. The molecule has 1 nitrogen and oxygen atoms in total. The summed E-state index contributed by atoms with van der Waals surface area (Å²) in [6.07, 6.45) is 7.23. The van der Waals surface area contributed by atoms with Crippen LogP contribution in [0.25, 0.3) is 0 Å². The van der Waals surface area contributed by atoms with Gasteiger partial charge < -0.3 is 5.32 Å². The van der Waals surface area contributed by atoms with Gasteiger partial charge in [0.25, 0.3) is 0 Å². The SMILES string of the molecule is CC1CNC2CCCCC2(C)C1. The Hall–Kier alpha value is -0.0400. The first-order valence-electron chi connectivity index (χ1n) is 5.44. The fraction of sp³-hybridized carbons (Fsp3) is 1.00. The van der Waals surface area contributed by atoms with Crippen molar-refractivity contribution in [3.05, 3.63) is 0 Å². The van der Waals surface area contributed by atoms with Gasteiger partial charge in [-0.2, -0.15) is 0 Å². The molecule has 0 radical (unpaired) electrons. The van der Waals surface area contributed by atoms with Crippen molar-refractivity contribution in [2.45, 2.75) is 52.0 Å². The Bertz CT molecular complexity index is 166. The lowest BCUT2D eigenvalue weighted by Crippen LogP contribution is -2.52. The van der Waals surface area contributed by atoms with Crippen molar-refractivity contribution >= 4 is 0 Å². The second kappa shape index (κ2) is 3.02. The van der Waals surface area contributed by atoms with Crippen molar-refractivity contribution < 1.29 is 0 Å². The van der Waals surface area contributed by atoms with Gasteiger partial charge in [-0.15, -0.1) is 0 Å². The molecule has 0 aromatic heterocycles. The molecule has 2 rings (SSSR count). The highest BCUT2D eigenvalue weighted by molar-refractivity contribution is 4.95. The van der Waals surface area contributed by atoms with E-state index in [-0.39, 0.29) is 0 Å². The van der Waals surface area contributed by atoms with Gasteiger partial charge in [-0.3, -0.25) is 0 Å². The molecule has 3 atom stereocenters. The Kier molecular flexibility index (Phi) is 2.16. The molecule has 1 N–H and O–H groups in total. The first-order chi connectivity index (χ1) is 5.71. The zero-order valence-corrected chi connectivity index (χ0v) is 8.40. The zero-order valence-electron chi connectivity index (χ0n) is 8.40. The molecule has 1 saturated carbocycles. The third-order valence-corrected chi connectivity index (χ3v) is 3.86. The summed E-state index contributed by atoms with van der Waals surface area (Å²) in [4.78, 5) is 0. The van der Waals surface area contributed by atoms with E-state index in [9.17, 15) is 0 Å². The molecule has 0 amide bonds. The third-order valence-electron chi connectivity index (χ3n) is 3.86. The van der Waals surface area contributed by atoms with Gasteiger partial charge in [0.1, 0.15) is 0 Å². The molecule has 2 fully saturated rings. The molecule has 1 heterocycles. The topological polar surface area (TPSA) is 12.0 Å². The summed E-state index contributed by atoms with van der Waals surface area (Å²) in [7, 11) is 0. The normalized spacial score (nSPS) is 48.5. The largest absolute Gasteiger partial charge is 0.313 e. The van der Waals surface area contributed by atoms with Gasteiger partial charge in [0, 0.05) is 6.04 Å². The van der Waals surface area contributed by atoms with Crippen LogP contribution in [-0.2, 0) is 0 Å². The molecular weight excluding hydrogens is 146 g/mol. The van der Waals surface area contributed by atoms with E-state index in [0.29, 0.717) is 5.41 Å². The Morgan fingerprint density at radius 2 is 2.17 bits per heavy atom. The monoisotopic (exact) mass is 167 g/mol. The van der Waals surface area contributed by atoms with Crippen LogP contribution in [0.3, 0.4) is 0 Å². The lowest BCUT2D eigenvalue weighted by Gasteiger charge is -2.47. The van der Waals surface area contributed by atoms with Crippen molar-refractivity contribution in [3.8, 4) is 0 Å². The lowest BCUT2D eigenvalue weighted by molar-refractivity contribution is 0.0753. The fourth-order valence-corrected chi connectivity index (χ4v) is 3.20. The highest BCUT2D eigenvalue weighted by Crippen LogP contribution is 2.43. The smallest absolute Gasteiger partial charge is 0.0121 e. The summed E-state index contributed by atoms with van der Waals surface area (Å²) in [5.41, 5.74) is 0.635. The van der Waals surface area contributed by atoms with Crippen molar-refractivity contribution in [3.63, 3.8) is 0 Å². The molecule has 0 spiro atoms. The Labute approximate surface area is 75.9 Å². The Balaban J connectivity index is 2.07. The van der Waals surface area contributed by atoms with E-state index in [0.717, 1.165) is 12.0 Å². The second-order valence-electron chi connectivity index (χ2n) is 5.17. The third kappa shape index (κ3) is 1.39. The van der Waals surface area contributed by atoms with Crippen LogP contribution >= 0.6 is 0 Å². The molecule has 2 aliphatic rings. The van der Waals surface area contributed by atoms with Gasteiger partial charge in [-0.05, 0) is 37.1 Å². The van der Waals surface area contributed by atoms with E-state index >= 15 is 0 Å². The quantitative estimate of drug-likeness (QED) is 0.584. The predicted octanol–water partition coefficient (Wildman–Crippen LogP) is 2.56. The standard InChI is InChI=1S/C11H21N/c1-9-7-11(2)6-4-3-5-10(11)12-8-9/h9-10,12H,3-8H2,1-2H3. The summed E-state index contributed by atoms with van der Waals surface area (Å²) in [6.45, 7) is 6.11. The zero-order chi connectivity index (χ0) is 8.60. The summed E-state index contributed by atoms with van der Waals surface area (Å²) in [5.74, 6) is 0.893. The summed E-state index contributed by atoms with van der Waals surface area (Å²) in [5, 5.41) is 3.71. The molecule has 1 aliphatic heterocycles. The number of fused-ring (bicyclic) bond motifs is 1. The van der Waals surface area contributed by atoms with E-state index in [4.69, 9.17) is 0 Å². The maximum Gasteiger partial charge on any atom is 0.0121 e. The van der Waals surface area contributed by atoms with E-state index in [1.807, 2.05) is 0 Å². The number of hydrogen-bond acceptors (Lipinski definition) is 1. The van der Waals surface area contributed by atoms with Gasteiger partial charge in [0.15, 0.2) is 0 Å². The molecular formula is C11H21N. The van der Waals surface area contributed by atoms with Crippen LogP contribution in [0, 0.1) is 11.3 Å². The number of rotatable bonds is 0. The second-order valence-corrected chi connectivity index (χ2v) is 5.17. The van der Waals surface area contributed by atoms with Gasteiger partial charge in [-0.1, -0.05) is 26.7 Å². The molecule has 70 valence electrons. The van der Waals surface area contributed by atoms with Crippen molar-refractivity contribution in [2.75, 3.05) is 6.54 Å². The van der Waals surface area contributed by atoms with Gasteiger partial charge in [0.2, 0.25) is 0 Å². The lowest BCUT2D eigenvalue weighted by atomic mass is 9.65. The molecule has 0 aromatic rings. The van der Waals surface area contributed by atoms with Crippen LogP contribution in [0.15, 0.2) is 0 Å². The first-order valence-corrected chi connectivity index (χ1v) is 5.44. The van der Waals surface area contributed by atoms with Crippen molar-refractivity contribution in [2.24, 2.45) is 11.3 Å². The Morgan fingerprint density at radius 1 is 1.33 bits per heavy atom. The van der Waals surface area contributed by atoms with Crippen LogP contribution in [0.1, 0.15) is 46.0 Å².